The summed E-state index contributed by atoms with van der Waals surface area (Å²) < 4.78 is 1.95. The summed E-state index contributed by atoms with van der Waals surface area (Å²) in [5.74, 6) is 0. The summed E-state index contributed by atoms with van der Waals surface area (Å²) in [6.45, 7) is 6.94. The number of hydrogen-bond acceptors (Lipinski definition) is 0. The third-order valence-corrected chi connectivity index (χ3v) is 6.62. The SMILES string of the molecule is CCCCC(CCCC)=[C](CCCC)[Sn][CH3]. The van der Waals surface area contributed by atoms with Crippen LogP contribution in [0.2, 0.25) is 4.94 Å². The van der Waals surface area contributed by atoms with Crippen LogP contribution in [0.4, 0.5) is 0 Å². The zero-order valence-electron chi connectivity index (χ0n) is 11.9. The fourth-order valence-electron chi connectivity index (χ4n) is 2.04. The Morgan fingerprint density at radius 1 is 0.750 bits per heavy atom. The summed E-state index contributed by atoms with van der Waals surface area (Å²) in [5, 5.41) is 0. The average molecular weight is 329 g/mol. The van der Waals surface area contributed by atoms with Crippen molar-refractivity contribution in [2.45, 2.75) is 83.5 Å². The number of allylic oxidation sites excluding steroid dienone is 2. The van der Waals surface area contributed by atoms with E-state index in [0.29, 0.717) is 0 Å². The van der Waals surface area contributed by atoms with Crippen molar-refractivity contribution in [3.8, 4) is 0 Å². The predicted molar refractivity (Wildman–Crippen MR) is 77.2 cm³/mol. The maximum atomic E-state index is 2.51. The summed E-state index contributed by atoms with van der Waals surface area (Å²) >= 11 is -0.184. The van der Waals surface area contributed by atoms with E-state index in [1.165, 1.54) is 57.8 Å². The van der Waals surface area contributed by atoms with Crippen LogP contribution in [0.25, 0.3) is 0 Å². The molecule has 0 fully saturated rings. The first-order chi connectivity index (χ1) is 7.79. The minimum absolute atomic E-state index is 0.184. The van der Waals surface area contributed by atoms with Crippen molar-refractivity contribution in [1.29, 1.82) is 0 Å². The van der Waals surface area contributed by atoms with Gasteiger partial charge < -0.3 is 0 Å². The first-order valence-electron chi connectivity index (χ1n) is 7.18. The van der Waals surface area contributed by atoms with Gasteiger partial charge in [0.15, 0.2) is 0 Å². The van der Waals surface area contributed by atoms with Gasteiger partial charge in [0.2, 0.25) is 0 Å². The van der Waals surface area contributed by atoms with Crippen molar-refractivity contribution in [2.24, 2.45) is 0 Å². The van der Waals surface area contributed by atoms with Gasteiger partial charge in [0.1, 0.15) is 0 Å². The van der Waals surface area contributed by atoms with E-state index in [4.69, 9.17) is 0 Å². The fourth-order valence-corrected chi connectivity index (χ4v) is 4.98. The van der Waals surface area contributed by atoms with Crippen molar-refractivity contribution in [1.82, 2.24) is 0 Å². The maximum absolute atomic E-state index is 2.51. The van der Waals surface area contributed by atoms with Crippen LogP contribution in [0, 0.1) is 0 Å². The van der Waals surface area contributed by atoms with Gasteiger partial charge in [-0.2, -0.15) is 0 Å². The Morgan fingerprint density at radius 2 is 1.19 bits per heavy atom. The van der Waals surface area contributed by atoms with Gasteiger partial charge in [-0.15, -0.1) is 0 Å². The van der Waals surface area contributed by atoms with Gasteiger partial charge in [-0.25, -0.2) is 0 Å². The Labute approximate surface area is 114 Å². The van der Waals surface area contributed by atoms with E-state index in [2.05, 4.69) is 25.7 Å². The molecule has 0 atom stereocenters. The fraction of sp³-hybridized carbons (Fsp3) is 0.867. The quantitative estimate of drug-likeness (QED) is 0.460. The third kappa shape index (κ3) is 7.75. The molecule has 0 spiro atoms. The monoisotopic (exact) mass is 330 g/mol. The molecule has 0 aliphatic carbocycles. The minimum atomic E-state index is -0.184. The average Bonchev–Trinajstić information content (AvgIpc) is 2.32. The molecule has 0 aliphatic rings. The van der Waals surface area contributed by atoms with Crippen LogP contribution in [0.5, 0.6) is 0 Å². The number of unbranched alkanes of at least 4 members (excludes halogenated alkanes) is 3. The normalized spacial score (nSPS) is 10.5. The third-order valence-electron chi connectivity index (χ3n) is 3.17. The predicted octanol–water partition coefficient (Wildman–Crippen LogP) is 5.56. The number of hydrogen-bond donors (Lipinski definition) is 0. The molecule has 0 saturated heterocycles. The molecule has 0 N–H and O–H groups in total. The summed E-state index contributed by atoms with van der Waals surface area (Å²) in [5.41, 5.74) is 1.88. The van der Waals surface area contributed by atoms with Gasteiger partial charge in [-0.3, -0.25) is 0 Å². The molecule has 0 heterocycles. The summed E-state index contributed by atoms with van der Waals surface area (Å²) in [6, 6.07) is 0. The molecule has 0 saturated carbocycles. The Morgan fingerprint density at radius 3 is 1.56 bits per heavy atom. The van der Waals surface area contributed by atoms with E-state index in [-0.39, 0.29) is 21.1 Å². The standard InChI is InChI=1S/C14H27.CH3.Sn/c1-4-7-10-13-14(11-8-5-2)12-9-6-3;;/h4-12H2,1-3H3;1H3;. The van der Waals surface area contributed by atoms with Crippen molar-refractivity contribution in [2.75, 3.05) is 0 Å². The first kappa shape index (κ1) is 16.5. The molecule has 0 bridgehead atoms. The molecule has 0 aromatic heterocycles. The molecular formula is C15H30Sn. The van der Waals surface area contributed by atoms with Crippen LogP contribution >= 0.6 is 0 Å². The van der Waals surface area contributed by atoms with Crippen LogP contribution < -0.4 is 0 Å². The Balaban J connectivity index is 4.39. The molecule has 2 radical (unpaired) electrons. The van der Waals surface area contributed by atoms with Crippen molar-refractivity contribution in [3.63, 3.8) is 0 Å². The van der Waals surface area contributed by atoms with Gasteiger partial charge >= 0.3 is 114 Å². The second-order valence-electron chi connectivity index (χ2n) is 4.64. The second-order valence-corrected chi connectivity index (χ2v) is 7.79. The van der Waals surface area contributed by atoms with Crippen molar-refractivity contribution < 1.29 is 0 Å². The summed E-state index contributed by atoms with van der Waals surface area (Å²) in [4.78, 5) is 2.51. The Bertz CT molecular complexity index is 172. The Kier molecular flexibility index (Phi) is 12.4. The van der Waals surface area contributed by atoms with Gasteiger partial charge in [-0.05, 0) is 0 Å². The van der Waals surface area contributed by atoms with E-state index in [1.54, 1.807) is 0 Å². The van der Waals surface area contributed by atoms with E-state index in [9.17, 15) is 0 Å². The molecule has 0 nitrogen and oxygen atoms in total. The first-order valence-corrected chi connectivity index (χ1v) is 11.5. The summed E-state index contributed by atoms with van der Waals surface area (Å²) in [7, 11) is 0. The van der Waals surface area contributed by atoms with Gasteiger partial charge in [0.25, 0.3) is 0 Å². The molecule has 0 aliphatic heterocycles. The molecule has 0 amide bonds. The number of rotatable bonds is 10. The molecule has 0 aromatic rings. The van der Waals surface area contributed by atoms with E-state index < -0.39 is 0 Å². The molecule has 0 rings (SSSR count). The van der Waals surface area contributed by atoms with Gasteiger partial charge in [0.05, 0.1) is 0 Å². The van der Waals surface area contributed by atoms with E-state index in [0.717, 1.165) is 0 Å². The summed E-state index contributed by atoms with van der Waals surface area (Å²) in [6.07, 6.45) is 12.6. The zero-order valence-corrected chi connectivity index (χ0v) is 14.7. The molecule has 94 valence electrons. The molecule has 1 heteroatoms. The van der Waals surface area contributed by atoms with E-state index in [1.807, 2.05) is 9.16 Å². The van der Waals surface area contributed by atoms with Crippen LogP contribution in [0.15, 0.2) is 9.16 Å². The van der Waals surface area contributed by atoms with Crippen molar-refractivity contribution >= 4 is 21.1 Å². The topological polar surface area (TPSA) is 0 Å². The van der Waals surface area contributed by atoms with E-state index >= 15 is 0 Å². The van der Waals surface area contributed by atoms with Gasteiger partial charge in [0, 0.05) is 0 Å². The van der Waals surface area contributed by atoms with Crippen molar-refractivity contribution in [3.05, 3.63) is 9.16 Å². The van der Waals surface area contributed by atoms with Crippen LogP contribution in [-0.2, 0) is 0 Å². The van der Waals surface area contributed by atoms with Crippen LogP contribution in [0.3, 0.4) is 0 Å². The van der Waals surface area contributed by atoms with Crippen LogP contribution in [0.1, 0.15) is 78.6 Å². The molecule has 16 heavy (non-hydrogen) atoms. The Hall–Kier alpha value is 0.539. The van der Waals surface area contributed by atoms with Crippen LogP contribution in [-0.4, -0.2) is 21.1 Å². The molecule has 0 unspecified atom stereocenters. The van der Waals surface area contributed by atoms with Gasteiger partial charge in [-0.1, -0.05) is 0 Å². The second kappa shape index (κ2) is 12.0. The molecular weight excluding hydrogens is 299 g/mol. The zero-order chi connectivity index (χ0) is 12.2. The molecule has 0 aromatic carbocycles.